The van der Waals surface area contributed by atoms with Gasteiger partial charge in [-0.25, -0.2) is 4.98 Å². The molecule has 0 spiro atoms. The minimum absolute atomic E-state index is 0.0662. The number of hydrogen-bond acceptors (Lipinski definition) is 5. The monoisotopic (exact) mass is 330 g/mol. The molecule has 1 fully saturated rings. The third kappa shape index (κ3) is 4.39. The Bertz CT molecular complexity index is 633. The second-order valence-corrected chi connectivity index (χ2v) is 6.91. The molecular weight excluding hydrogens is 308 g/mol. The van der Waals surface area contributed by atoms with E-state index in [1.165, 1.54) is 12.7 Å². The Morgan fingerprint density at radius 2 is 2.04 bits per heavy atom. The van der Waals surface area contributed by atoms with Crippen LogP contribution in [0.4, 0.5) is 0 Å². The lowest BCUT2D eigenvalue weighted by atomic mass is 9.97. The molecule has 2 aromatic rings. The number of carbonyl (C=O) groups excluding carboxylic acids is 1. The number of hydrogen-bond donors (Lipinski definition) is 0. The van der Waals surface area contributed by atoms with Gasteiger partial charge >= 0.3 is 5.97 Å². The van der Waals surface area contributed by atoms with E-state index < -0.39 is 0 Å². The first kappa shape index (κ1) is 16.1. The van der Waals surface area contributed by atoms with Crippen molar-refractivity contribution < 1.29 is 9.53 Å². The van der Waals surface area contributed by atoms with Crippen molar-refractivity contribution in [3.05, 3.63) is 52.0 Å². The molecule has 122 valence electrons. The van der Waals surface area contributed by atoms with Crippen molar-refractivity contribution in [1.29, 1.82) is 0 Å². The maximum Gasteiger partial charge on any atom is 0.308 e. The average Bonchev–Trinajstić information content (AvgIpc) is 3.02. The van der Waals surface area contributed by atoms with Crippen molar-refractivity contribution in [2.24, 2.45) is 5.92 Å². The zero-order chi connectivity index (χ0) is 16.1. The molecule has 1 aromatic carbocycles. The van der Waals surface area contributed by atoms with E-state index in [0.29, 0.717) is 0 Å². The van der Waals surface area contributed by atoms with Gasteiger partial charge in [-0.15, -0.1) is 11.3 Å². The molecule has 1 aromatic heterocycles. The predicted molar refractivity (Wildman–Crippen MR) is 91.4 cm³/mol. The largest absolute Gasteiger partial charge is 0.469 e. The van der Waals surface area contributed by atoms with Crippen LogP contribution in [0.2, 0.25) is 0 Å². The summed E-state index contributed by atoms with van der Waals surface area (Å²) in [6.07, 6.45) is 2.66. The number of carbonyl (C=O) groups is 1. The van der Waals surface area contributed by atoms with Gasteiger partial charge in [-0.2, -0.15) is 0 Å². The highest BCUT2D eigenvalue weighted by Crippen LogP contribution is 2.21. The summed E-state index contributed by atoms with van der Waals surface area (Å²) in [5, 5.41) is 3.32. The molecule has 0 bridgehead atoms. The first-order chi connectivity index (χ1) is 11.2. The maximum absolute atomic E-state index is 11.6. The Labute approximate surface area is 141 Å². The van der Waals surface area contributed by atoms with Gasteiger partial charge in [-0.3, -0.25) is 9.69 Å². The zero-order valence-corrected chi connectivity index (χ0v) is 14.2. The van der Waals surface area contributed by atoms with Gasteiger partial charge in [0.05, 0.1) is 23.7 Å². The van der Waals surface area contributed by atoms with E-state index in [0.717, 1.165) is 49.6 Å². The van der Waals surface area contributed by atoms with Gasteiger partial charge in [0.2, 0.25) is 0 Å². The summed E-state index contributed by atoms with van der Waals surface area (Å²) in [6.45, 7) is 2.75. The van der Waals surface area contributed by atoms with Crippen molar-refractivity contribution in [3.8, 4) is 0 Å². The molecule has 3 rings (SSSR count). The standard InChI is InChI=1S/C18H22N2O2S/c1-22-18(21)15-7-9-20(10-8-15)12-16-13-23-17(19-16)11-14-5-3-2-4-6-14/h2-6,13,15H,7-12H2,1H3. The highest BCUT2D eigenvalue weighted by molar-refractivity contribution is 7.09. The number of esters is 1. The molecule has 0 aliphatic carbocycles. The second kappa shape index (κ2) is 7.70. The van der Waals surface area contributed by atoms with Crippen molar-refractivity contribution in [3.63, 3.8) is 0 Å². The predicted octanol–water partition coefficient (Wildman–Crippen LogP) is 3.12. The number of ether oxygens (including phenoxy) is 1. The lowest BCUT2D eigenvalue weighted by Gasteiger charge is -2.29. The molecule has 1 aliphatic rings. The van der Waals surface area contributed by atoms with Crippen molar-refractivity contribution in [1.82, 2.24) is 9.88 Å². The third-order valence-electron chi connectivity index (χ3n) is 4.31. The number of nitrogens with zero attached hydrogens (tertiary/aromatic N) is 2. The van der Waals surface area contributed by atoms with Crippen molar-refractivity contribution >= 4 is 17.3 Å². The Balaban J connectivity index is 1.51. The molecule has 23 heavy (non-hydrogen) atoms. The summed E-state index contributed by atoms with van der Waals surface area (Å²) in [6, 6.07) is 10.4. The van der Waals surface area contributed by atoms with E-state index in [4.69, 9.17) is 9.72 Å². The number of benzene rings is 1. The lowest BCUT2D eigenvalue weighted by molar-refractivity contribution is -0.147. The molecule has 2 heterocycles. The zero-order valence-electron chi connectivity index (χ0n) is 13.4. The number of likely N-dealkylation sites (tertiary alicyclic amines) is 1. The van der Waals surface area contributed by atoms with Crippen molar-refractivity contribution in [2.75, 3.05) is 20.2 Å². The van der Waals surface area contributed by atoms with Gasteiger partial charge in [0.1, 0.15) is 0 Å². The fourth-order valence-electron chi connectivity index (χ4n) is 3.00. The normalized spacial score (nSPS) is 16.4. The summed E-state index contributed by atoms with van der Waals surface area (Å²) < 4.78 is 4.83. The molecule has 0 atom stereocenters. The summed E-state index contributed by atoms with van der Waals surface area (Å²) in [7, 11) is 1.47. The molecule has 1 saturated heterocycles. The Morgan fingerprint density at radius 1 is 1.30 bits per heavy atom. The second-order valence-electron chi connectivity index (χ2n) is 5.97. The highest BCUT2D eigenvalue weighted by atomic mass is 32.1. The quantitative estimate of drug-likeness (QED) is 0.790. The fourth-order valence-corrected chi connectivity index (χ4v) is 3.82. The minimum atomic E-state index is -0.0662. The smallest absolute Gasteiger partial charge is 0.308 e. The van der Waals surface area contributed by atoms with Gasteiger partial charge in [0.25, 0.3) is 0 Å². The summed E-state index contributed by atoms with van der Waals surface area (Å²) in [5.74, 6) is 0.00350. The van der Waals surface area contributed by atoms with Crippen LogP contribution in [0.15, 0.2) is 35.7 Å². The van der Waals surface area contributed by atoms with Crippen molar-refractivity contribution in [2.45, 2.75) is 25.8 Å². The average molecular weight is 330 g/mol. The van der Waals surface area contributed by atoms with Crippen LogP contribution in [-0.2, 0) is 22.5 Å². The highest BCUT2D eigenvalue weighted by Gasteiger charge is 2.25. The summed E-state index contributed by atoms with van der Waals surface area (Å²) in [5.41, 5.74) is 2.43. The van der Waals surface area contributed by atoms with E-state index >= 15 is 0 Å². The molecule has 0 N–H and O–H groups in total. The van der Waals surface area contributed by atoms with E-state index in [-0.39, 0.29) is 11.9 Å². The molecule has 5 heteroatoms. The Kier molecular flexibility index (Phi) is 5.41. The van der Waals surface area contributed by atoms with Crippen LogP contribution in [-0.4, -0.2) is 36.1 Å². The fraction of sp³-hybridized carbons (Fsp3) is 0.444. The molecule has 0 amide bonds. The van der Waals surface area contributed by atoms with Gasteiger partial charge < -0.3 is 4.74 Å². The molecule has 0 unspecified atom stereocenters. The Morgan fingerprint density at radius 3 is 2.74 bits per heavy atom. The van der Waals surface area contributed by atoms with Crippen LogP contribution in [0.3, 0.4) is 0 Å². The first-order valence-corrected chi connectivity index (χ1v) is 8.90. The summed E-state index contributed by atoms with van der Waals surface area (Å²) in [4.78, 5) is 18.7. The van der Waals surface area contributed by atoms with Crippen LogP contribution >= 0.6 is 11.3 Å². The number of thiazole rings is 1. The maximum atomic E-state index is 11.6. The molecule has 0 radical (unpaired) electrons. The van der Waals surface area contributed by atoms with E-state index in [1.54, 1.807) is 11.3 Å². The van der Waals surface area contributed by atoms with Crippen LogP contribution < -0.4 is 0 Å². The van der Waals surface area contributed by atoms with Gasteiger partial charge in [-0.05, 0) is 31.5 Å². The molecular formula is C18H22N2O2S. The topological polar surface area (TPSA) is 42.4 Å². The number of aromatic nitrogens is 1. The van der Waals surface area contributed by atoms with E-state index in [2.05, 4.69) is 34.5 Å². The molecule has 1 aliphatic heterocycles. The molecule has 0 saturated carbocycles. The van der Waals surface area contributed by atoms with Gasteiger partial charge in [0.15, 0.2) is 0 Å². The van der Waals surface area contributed by atoms with Crippen LogP contribution in [0.5, 0.6) is 0 Å². The lowest BCUT2D eigenvalue weighted by Crippen LogP contribution is -2.36. The van der Waals surface area contributed by atoms with Crippen LogP contribution in [0.1, 0.15) is 29.1 Å². The van der Waals surface area contributed by atoms with Gasteiger partial charge in [-0.1, -0.05) is 30.3 Å². The first-order valence-electron chi connectivity index (χ1n) is 8.02. The minimum Gasteiger partial charge on any atom is -0.469 e. The molecule has 4 nitrogen and oxygen atoms in total. The third-order valence-corrected chi connectivity index (χ3v) is 5.20. The summed E-state index contributed by atoms with van der Waals surface area (Å²) >= 11 is 1.73. The van der Waals surface area contributed by atoms with E-state index in [1.807, 2.05) is 6.07 Å². The van der Waals surface area contributed by atoms with Gasteiger partial charge in [0, 0.05) is 18.3 Å². The number of rotatable bonds is 5. The van der Waals surface area contributed by atoms with E-state index in [9.17, 15) is 4.79 Å². The number of piperidine rings is 1. The van der Waals surface area contributed by atoms with Crippen LogP contribution in [0.25, 0.3) is 0 Å². The van der Waals surface area contributed by atoms with Crippen LogP contribution in [0, 0.1) is 5.92 Å². The SMILES string of the molecule is COC(=O)C1CCN(Cc2csc(Cc3ccccc3)n2)CC1. The number of methoxy groups -OCH3 is 1. The Hall–Kier alpha value is -1.72.